The van der Waals surface area contributed by atoms with E-state index in [1.54, 1.807) is 4.90 Å². The molecule has 7 heteroatoms. The van der Waals surface area contributed by atoms with Crippen molar-refractivity contribution in [1.29, 1.82) is 0 Å². The van der Waals surface area contributed by atoms with Crippen molar-refractivity contribution in [2.45, 2.75) is 32.2 Å². The average molecular weight is 284 g/mol. The van der Waals surface area contributed by atoms with E-state index >= 15 is 0 Å². The number of carbonyl (C=O) groups is 1. The van der Waals surface area contributed by atoms with Gasteiger partial charge in [0.1, 0.15) is 0 Å². The van der Waals surface area contributed by atoms with Crippen LogP contribution in [0.25, 0.3) is 0 Å². The summed E-state index contributed by atoms with van der Waals surface area (Å²) >= 11 is 0. The Morgan fingerprint density at radius 1 is 1.45 bits per heavy atom. The van der Waals surface area contributed by atoms with Gasteiger partial charge in [-0.25, -0.2) is 8.78 Å². The van der Waals surface area contributed by atoms with E-state index in [0.717, 1.165) is 11.4 Å². The number of nitrogens with one attached hydrogen (secondary N) is 2. The zero-order valence-electron chi connectivity index (χ0n) is 11.4. The Morgan fingerprint density at radius 2 is 2.25 bits per heavy atom. The second-order valence-electron chi connectivity index (χ2n) is 6.01. The zero-order chi connectivity index (χ0) is 14.4. The fraction of sp³-hybridized carbons (Fsp3) is 0.692. The van der Waals surface area contributed by atoms with Gasteiger partial charge in [-0.15, -0.1) is 0 Å². The fourth-order valence-corrected chi connectivity index (χ4v) is 3.35. The predicted octanol–water partition coefficient (Wildman–Crippen LogP) is 1.07. The largest absolute Gasteiger partial charge is 0.356 e. The lowest BCUT2D eigenvalue weighted by Crippen LogP contribution is -2.54. The van der Waals surface area contributed by atoms with Crippen LogP contribution < -0.4 is 5.32 Å². The Bertz CT molecular complexity index is 530. The Hall–Kier alpha value is -1.50. The van der Waals surface area contributed by atoms with Crippen LogP contribution in [-0.2, 0) is 11.3 Å². The maximum Gasteiger partial charge on any atom is 0.261 e. The third-order valence-electron chi connectivity index (χ3n) is 4.09. The number of aromatic amines is 1. The standard InChI is InChI=1S/C13H18F2N4O/c1-9-4-10(18-17-9)5-19-7-12(2-3-16-11(12)20)6-13(14,15)8-19/h4H,2-3,5-8H2,1H3,(H,16,20)(H,17,18)/t12-/m1/s1. The van der Waals surface area contributed by atoms with E-state index in [9.17, 15) is 13.6 Å². The van der Waals surface area contributed by atoms with Gasteiger partial charge in [0.25, 0.3) is 5.92 Å². The highest BCUT2D eigenvalue weighted by Gasteiger charge is 2.54. The Labute approximate surface area is 115 Å². The van der Waals surface area contributed by atoms with Gasteiger partial charge in [0.15, 0.2) is 0 Å². The molecule has 0 bridgehead atoms. The van der Waals surface area contributed by atoms with Crippen molar-refractivity contribution in [1.82, 2.24) is 20.4 Å². The van der Waals surface area contributed by atoms with Gasteiger partial charge in [-0.2, -0.15) is 5.10 Å². The number of rotatable bonds is 2. The van der Waals surface area contributed by atoms with Gasteiger partial charge in [0.05, 0.1) is 17.7 Å². The predicted molar refractivity (Wildman–Crippen MR) is 68.2 cm³/mol. The van der Waals surface area contributed by atoms with Crippen LogP contribution in [0.1, 0.15) is 24.2 Å². The second-order valence-corrected chi connectivity index (χ2v) is 6.01. The van der Waals surface area contributed by atoms with E-state index in [-0.39, 0.29) is 18.9 Å². The number of piperidine rings is 1. The zero-order valence-corrected chi connectivity index (χ0v) is 11.4. The van der Waals surface area contributed by atoms with Crippen molar-refractivity contribution < 1.29 is 13.6 Å². The summed E-state index contributed by atoms with van der Waals surface area (Å²) in [6.45, 7) is 2.76. The lowest BCUT2D eigenvalue weighted by atomic mass is 9.77. The van der Waals surface area contributed by atoms with Gasteiger partial charge < -0.3 is 5.32 Å². The summed E-state index contributed by atoms with van der Waals surface area (Å²) < 4.78 is 28.0. The first-order chi connectivity index (χ1) is 9.39. The molecule has 0 radical (unpaired) electrons. The maximum atomic E-state index is 14.0. The van der Waals surface area contributed by atoms with Gasteiger partial charge in [-0.1, -0.05) is 0 Å². The van der Waals surface area contributed by atoms with Crippen molar-refractivity contribution in [3.8, 4) is 0 Å². The molecule has 2 fully saturated rings. The first kappa shape index (κ1) is 13.5. The summed E-state index contributed by atoms with van der Waals surface area (Å²) in [5, 5.41) is 9.57. The number of H-pyrrole nitrogens is 1. The Balaban J connectivity index is 1.79. The summed E-state index contributed by atoms with van der Waals surface area (Å²) in [5.41, 5.74) is 0.693. The normalized spacial score (nSPS) is 29.9. The molecule has 1 amide bonds. The van der Waals surface area contributed by atoms with Crippen LogP contribution in [0, 0.1) is 12.3 Å². The summed E-state index contributed by atoms with van der Waals surface area (Å²) in [7, 11) is 0. The highest BCUT2D eigenvalue weighted by molar-refractivity contribution is 5.85. The van der Waals surface area contributed by atoms with Gasteiger partial charge in [0.2, 0.25) is 5.91 Å². The smallest absolute Gasteiger partial charge is 0.261 e. The lowest BCUT2D eigenvalue weighted by molar-refractivity contribution is -0.149. The molecular formula is C13H18F2N4O. The summed E-state index contributed by atoms with van der Waals surface area (Å²) in [4.78, 5) is 13.6. The maximum absolute atomic E-state index is 14.0. The minimum absolute atomic E-state index is 0.236. The van der Waals surface area contributed by atoms with Crippen LogP contribution >= 0.6 is 0 Å². The van der Waals surface area contributed by atoms with E-state index in [1.807, 2.05) is 13.0 Å². The quantitative estimate of drug-likeness (QED) is 0.854. The van der Waals surface area contributed by atoms with Crippen LogP contribution in [0.5, 0.6) is 0 Å². The molecule has 2 saturated heterocycles. The van der Waals surface area contributed by atoms with E-state index in [4.69, 9.17) is 0 Å². The van der Waals surface area contributed by atoms with E-state index in [2.05, 4.69) is 15.5 Å². The van der Waals surface area contributed by atoms with Crippen molar-refractivity contribution in [2.24, 2.45) is 5.41 Å². The van der Waals surface area contributed by atoms with Crippen molar-refractivity contribution in [3.05, 3.63) is 17.5 Å². The number of aryl methyl sites for hydroxylation is 1. The summed E-state index contributed by atoms with van der Waals surface area (Å²) in [5.74, 6) is -3.06. The van der Waals surface area contributed by atoms with E-state index < -0.39 is 11.3 Å². The molecule has 0 saturated carbocycles. The van der Waals surface area contributed by atoms with Crippen LogP contribution in [-0.4, -0.2) is 46.6 Å². The molecule has 2 aliphatic rings. The first-order valence-corrected chi connectivity index (χ1v) is 6.78. The third-order valence-corrected chi connectivity index (χ3v) is 4.09. The number of nitrogens with zero attached hydrogens (tertiary/aromatic N) is 2. The molecule has 1 aromatic rings. The number of alkyl halides is 2. The SMILES string of the molecule is Cc1cc(CN2CC(F)(F)C[C@]3(CCNC3=O)C2)n[nH]1. The lowest BCUT2D eigenvalue weighted by Gasteiger charge is -2.42. The summed E-state index contributed by atoms with van der Waals surface area (Å²) in [6.07, 6.45) is 0.138. The molecule has 1 atom stereocenters. The van der Waals surface area contributed by atoms with E-state index in [0.29, 0.717) is 26.1 Å². The van der Waals surface area contributed by atoms with Gasteiger partial charge >= 0.3 is 0 Å². The Kier molecular flexibility index (Phi) is 3.04. The summed E-state index contributed by atoms with van der Waals surface area (Å²) in [6, 6.07) is 1.84. The molecule has 3 heterocycles. The molecule has 2 aliphatic heterocycles. The van der Waals surface area contributed by atoms with Crippen LogP contribution in [0.3, 0.4) is 0 Å². The monoisotopic (exact) mass is 284 g/mol. The van der Waals surface area contributed by atoms with Crippen LogP contribution in [0.15, 0.2) is 6.07 Å². The highest BCUT2D eigenvalue weighted by Crippen LogP contribution is 2.43. The number of likely N-dealkylation sites (tertiary alicyclic amines) is 1. The molecule has 1 aromatic heterocycles. The Morgan fingerprint density at radius 3 is 2.85 bits per heavy atom. The molecule has 0 aromatic carbocycles. The second kappa shape index (κ2) is 4.51. The number of aromatic nitrogens is 2. The van der Waals surface area contributed by atoms with Gasteiger partial charge in [0, 0.05) is 31.7 Å². The highest BCUT2D eigenvalue weighted by atomic mass is 19.3. The molecule has 110 valence electrons. The fourth-order valence-electron chi connectivity index (χ4n) is 3.35. The molecule has 5 nitrogen and oxygen atoms in total. The van der Waals surface area contributed by atoms with Crippen molar-refractivity contribution in [2.75, 3.05) is 19.6 Å². The number of halogens is 2. The number of hydrogen-bond donors (Lipinski definition) is 2. The molecule has 2 N–H and O–H groups in total. The molecular weight excluding hydrogens is 266 g/mol. The number of amides is 1. The van der Waals surface area contributed by atoms with E-state index in [1.165, 1.54) is 0 Å². The minimum Gasteiger partial charge on any atom is -0.356 e. The molecule has 3 rings (SSSR count). The van der Waals surface area contributed by atoms with Gasteiger partial charge in [-0.3, -0.25) is 14.8 Å². The van der Waals surface area contributed by atoms with Crippen molar-refractivity contribution in [3.63, 3.8) is 0 Å². The number of hydrogen-bond acceptors (Lipinski definition) is 3. The van der Waals surface area contributed by atoms with Crippen LogP contribution in [0.2, 0.25) is 0 Å². The molecule has 1 spiro atoms. The first-order valence-electron chi connectivity index (χ1n) is 6.78. The topological polar surface area (TPSA) is 61.0 Å². The van der Waals surface area contributed by atoms with Crippen LogP contribution in [0.4, 0.5) is 8.78 Å². The average Bonchev–Trinajstić information content (AvgIpc) is 2.85. The third kappa shape index (κ3) is 2.42. The molecule has 20 heavy (non-hydrogen) atoms. The molecule has 0 unspecified atom stereocenters. The number of carbonyl (C=O) groups excluding carboxylic acids is 1. The van der Waals surface area contributed by atoms with Gasteiger partial charge in [-0.05, 0) is 19.4 Å². The minimum atomic E-state index is -2.83. The van der Waals surface area contributed by atoms with Crippen molar-refractivity contribution >= 4 is 5.91 Å². The molecule has 0 aliphatic carbocycles.